The van der Waals surface area contributed by atoms with Gasteiger partial charge in [0.25, 0.3) is 5.91 Å². The van der Waals surface area contributed by atoms with Crippen molar-refractivity contribution in [3.05, 3.63) is 53.4 Å². The van der Waals surface area contributed by atoms with E-state index in [1.807, 2.05) is 0 Å². The monoisotopic (exact) mass is 403 g/mol. The largest absolute Gasteiger partial charge is 0.459 e. The minimum atomic E-state index is -4.58. The minimum Gasteiger partial charge on any atom is -0.459 e. The highest BCUT2D eigenvalue weighted by Crippen LogP contribution is 2.39. The van der Waals surface area contributed by atoms with Crippen molar-refractivity contribution >= 4 is 16.9 Å². The molecular formula is C21H20F3N3O2. The van der Waals surface area contributed by atoms with E-state index in [1.165, 1.54) is 12.3 Å². The van der Waals surface area contributed by atoms with Crippen molar-refractivity contribution in [2.75, 3.05) is 13.1 Å². The van der Waals surface area contributed by atoms with Crippen LogP contribution < -0.4 is 5.73 Å². The van der Waals surface area contributed by atoms with Crippen molar-refractivity contribution in [3.63, 3.8) is 0 Å². The predicted octanol–water partition coefficient (Wildman–Crippen LogP) is 4.45. The van der Waals surface area contributed by atoms with Gasteiger partial charge in [0, 0.05) is 30.2 Å². The number of aromatic nitrogens is 1. The van der Waals surface area contributed by atoms with Crippen LogP contribution in [-0.4, -0.2) is 28.9 Å². The summed E-state index contributed by atoms with van der Waals surface area (Å²) in [6.45, 7) is 3.51. The number of carbonyl (C=O) groups excluding carboxylic acids is 1. The Labute approximate surface area is 165 Å². The Hall–Kier alpha value is -2.87. The molecule has 5 nitrogen and oxygen atoms in total. The zero-order valence-electron chi connectivity index (χ0n) is 15.8. The van der Waals surface area contributed by atoms with Gasteiger partial charge in [0.15, 0.2) is 0 Å². The van der Waals surface area contributed by atoms with Gasteiger partial charge in [-0.15, -0.1) is 0 Å². The minimum absolute atomic E-state index is 0.00544. The van der Waals surface area contributed by atoms with Crippen molar-refractivity contribution in [2.24, 2.45) is 11.7 Å². The van der Waals surface area contributed by atoms with E-state index in [-0.39, 0.29) is 23.8 Å². The van der Waals surface area contributed by atoms with E-state index in [1.54, 1.807) is 23.1 Å². The zero-order valence-corrected chi connectivity index (χ0v) is 15.8. The molecule has 1 amide bonds. The van der Waals surface area contributed by atoms with Crippen molar-refractivity contribution in [1.29, 1.82) is 0 Å². The molecule has 0 saturated carbocycles. The standard InChI is InChI=1S/C21H20F3N3O2/c1-12-4-5-27(11-12)20(28)13-2-3-18(26-10-13)14-6-15-7-16(9-25)29-19(15)17(8-14)21(22,23)24/h2-3,6-8,10,12H,4-5,9,11,25H2,1H3. The van der Waals surface area contributed by atoms with Crippen LogP contribution in [0.4, 0.5) is 13.2 Å². The lowest BCUT2D eigenvalue weighted by molar-refractivity contribution is -0.136. The number of nitrogens with zero attached hydrogens (tertiary/aromatic N) is 2. The average Bonchev–Trinajstić information content (AvgIpc) is 3.31. The van der Waals surface area contributed by atoms with Crippen LogP contribution >= 0.6 is 0 Å². The second-order valence-corrected chi connectivity index (χ2v) is 7.43. The fourth-order valence-corrected chi connectivity index (χ4v) is 3.66. The summed E-state index contributed by atoms with van der Waals surface area (Å²) in [7, 11) is 0. The number of benzene rings is 1. The first-order valence-electron chi connectivity index (χ1n) is 9.35. The van der Waals surface area contributed by atoms with Gasteiger partial charge in [-0.25, -0.2) is 0 Å². The molecule has 0 aliphatic carbocycles. The van der Waals surface area contributed by atoms with E-state index in [2.05, 4.69) is 11.9 Å². The number of nitrogens with two attached hydrogens (primary N) is 1. The van der Waals surface area contributed by atoms with Crippen LogP contribution in [0.3, 0.4) is 0 Å². The van der Waals surface area contributed by atoms with Gasteiger partial charge in [0.1, 0.15) is 11.3 Å². The molecule has 3 aromatic rings. The molecule has 2 aromatic heterocycles. The number of amides is 1. The number of rotatable bonds is 3. The summed E-state index contributed by atoms with van der Waals surface area (Å²) in [5.74, 6) is 0.630. The fraction of sp³-hybridized carbons (Fsp3) is 0.333. The quantitative estimate of drug-likeness (QED) is 0.701. The van der Waals surface area contributed by atoms with Crippen molar-refractivity contribution < 1.29 is 22.4 Å². The van der Waals surface area contributed by atoms with Gasteiger partial charge >= 0.3 is 6.18 Å². The lowest BCUT2D eigenvalue weighted by atomic mass is 10.0. The highest BCUT2D eigenvalue weighted by Gasteiger charge is 2.35. The predicted molar refractivity (Wildman–Crippen MR) is 102 cm³/mol. The highest BCUT2D eigenvalue weighted by molar-refractivity contribution is 5.94. The Morgan fingerprint density at radius 1 is 1.31 bits per heavy atom. The molecule has 0 bridgehead atoms. The number of carbonyl (C=O) groups is 1. The lowest BCUT2D eigenvalue weighted by Gasteiger charge is -2.16. The van der Waals surface area contributed by atoms with Crippen LogP contribution in [0.25, 0.3) is 22.2 Å². The van der Waals surface area contributed by atoms with Gasteiger partial charge in [-0.1, -0.05) is 6.92 Å². The topological polar surface area (TPSA) is 72.4 Å². The molecule has 152 valence electrons. The van der Waals surface area contributed by atoms with Crippen LogP contribution in [0.15, 0.2) is 40.9 Å². The Bertz CT molecular complexity index is 1060. The second kappa shape index (κ2) is 7.18. The summed E-state index contributed by atoms with van der Waals surface area (Å²) in [5, 5.41) is 0.309. The molecule has 1 aromatic carbocycles. The Morgan fingerprint density at radius 2 is 2.10 bits per heavy atom. The zero-order chi connectivity index (χ0) is 20.8. The van der Waals surface area contributed by atoms with Crippen LogP contribution in [0, 0.1) is 5.92 Å². The molecule has 1 atom stereocenters. The summed E-state index contributed by atoms with van der Waals surface area (Å²) in [6.07, 6.45) is -2.20. The third kappa shape index (κ3) is 3.72. The van der Waals surface area contributed by atoms with Gasteiger partial charge in [-0.2, -0.15) is 13.2 Å². The number of halogens is 3. The second-order valence-electron chi connectivity index (χ2n) is 7.43. The molecule has 8 heteroatoms. The number of furan rings is 1. The summed E-state index contributed by atoms with van der Waals surface area (Å²) in [4.78, 5) is 18.6. The number of fused-ring (bicyclic) bond motifs is 1. The van der Waals surface area contributed by atoms with Crippen LogP contribution in [0.5, 0.6) is 0 Å². The SMILES string of the molecule is CC1CCN(C(=O)c2ccc(-c3cc(C(F)(F)F)c4oc(CN)cc4c3)nc2)C1. The van der Waals surface area contributed by atoms with Gasteiger partial charge in [0.2, 0.25) is 0 Å². The molecule has 4 rings (SSSR count). The molecular weight excluding hydrogens is 383 g/mol. The summed E-state index contributed by atoms with van der Waals surface area (Å²) in [5.41, 5.74) is 5.45. The van der Waals surface area contributed by atoms with Crippen LogP contribution in [0.2, 0.25) is 0 Å². The Morgan fingerprint density at radius 3 is 2.69 bits per heavy atom. The van der Waals surface area contributed by atoms with E-state index in [0.29, 0.717) is 41.2 Å². The van der Waals surface area contributed by atoms with Crippen molar-refractivity contribution in [1.82, 2.24) is 9.88 Å². The molecule has 2 N–H and O–H groups in total. The number of likely N-dealkylation sites (tertiary alicyclic amines) is 1. The summed E-state index contributed by atoms with van der Waals surface area (Å²) in [6, 6.07) is 7.27. The van der Waals surface area contributed by atoms with E-state index in [4.69, 9.17) is 10.2 Å². The number of alkyl halides is 3. The molecule has 1 unspecified atom stereocenters. The normalized spacial score (nSPS) is 17.3. The molecule has 1 aliphatic heterocycles. The van der Waals surface area contributed by atoms with Gasteiger partial charge in [0.05, 0.1) is 23.4 Å². The lowest BCUT2D eigenvalue weighted by Crippen LogP contribution is -2.28. The molecule has 1 saturated heterocycles. The smallest absolute Gasteiger partial charge is 0.420 e. The number of pyridine rings is 1. The molecule has 3 heterocycles. The Kier molecular flexibility index (Phi) is 4.82. The van der Waals surface area contributed by atoms with E-state index in [9.17, 15) is 18.0 Å². The van der Waals surface area contributed by atoms with Gasteiger partial charge in [-0.3, -0.25) is 9.78 Å². The number of hydrogen-bond acceptors (Lipinski definition) is 4. The molecule has 1 fully saturated rings. The third-order valence-electron chi connectivity index (χ3n) is 5.19. The summed E-state index contributed by atoms with van der Waals surface area (Å²) >= 11 is 0. The van der Waals surface area contributed by atoms with Crippen molar-refractivity contribution in [2.45, 2.75) is 26.1 Å². The first kappa shape index (κ1) is 19.4. The van der Waals surface area contributed by atoms with Gasteiger partial charge in [-0.05, 0) is 42.7 Å². The van der Waals surface area contributed by atoms with E-state index >= 15 is 0 Å². The first-order valence-corrected chi connectivity index (χ1v) is 9.35. The van der Waals surface area contributed by atoms with E-state index in [0.717, 1.165) is 12.5 Å². The first-order chi connectivity index (χ1) is 13.8. The maximum Gasteiger partial charge on any atom is 0.420 e. The van der Waals surface area contributed by atoms with Crippen LogP contribution in [0.1, 0.15) is 35.0 Å². The number of hydrogen-bond donors (Lipinski definition) is 1. The molecule has 0 spiro atoms. The molecule has 0 radical (unpaired) electrons. The third-order valence-corrected chi connectivity index (χ3v) is 5.19. The average molecular weight is 403 g/mol. The maximum absolute atomic E-state index is 13.5. The highest BCUT2D eigenvalue weighted by atomic mass is 19.4. The maximum atomic E-state index is 13.5. The summed E-state index contributed by atoms with van der Waals surface area (Å²) < 4.78 is 45.9. The van der Waals surface area contributed by atoms with Crippen molar-refractivity contribution in [3.8, 4) is 11.3 Å². The van der Waals surface area contributed by atoms with Gasteiger partial charge < -0.3 is 15.1 Å². The fourth-order valence-electron chi connectivity index (χ4n) is 3.66. The molecule has 1 aliphatic rings. The molecule has 29 heavy (non-hydrogen) atoms. The van der Waals surface area contributed by atoms with Crippen LogP contribution in [-0.2, 0) is 12.7 Å². The Balaban J connectivity index is 1.70. The van der Waals surface area contributed by atoms with E-state index < -0.39 is 11.7 Å².